The third-order valence-corrected chi connectivity index (χ3v) is 5.69. The molecule has 0 aliphatic heterocycles. The van der Waals surface area contributed by atoms with Crippen LogP contribution in [0.15, 0.2) is 12.1 Å². The molecule has 0 unspecified atom stereocenters. The number of halogens is 4. The van der Waals surface area contributed by atoms with Gasteiger partial charge >= 0.3 is 37.9 Å². The number of hydrogen-bond acceptors (Lipinski definition) is 2. The fourth-order valence-corrected chi connectivity index (χ4v) is 3.57. The van der Waals surface area contributed by atoms with E-state index in [1.165, 1.54) is 0 Å². The maximum absolute atomic E-state index is 10.8. The number of aromatic hydroxyl groups is 2. The second kappa shape index (κ2) is 11.5. The minimum absolute atomic E-state index is 0.150. The Morgan fingerprint density at radius 1 is 0.786 bits per heavy atom. The summed E-state index contributed by atoms with van der Waals surface area (Å²) in [5.41, 5.74) is 4.77. The normalized spacial score (nSPS) is 10.9. The Bertz CT molecular complexity index is 769. The Labute approximate surface area is 196 Å². The molecule has 28 heavy (non-hydrogen) atoms. The van der Waals surface area contributed by atoms with Crippen LogP contribution in [0, 0.1) is 13.8 Å². The third-order valence-electron chi connectivity index (χ3n) is 4.90. The molecule has 0 radical (unpaired) electrons. The van der Waals surface area contributed by atoms with Gasteiger partial charge in [0, 0.05) is 27.6 Å². The molecule has 2 rings (SSSR count). The summed E-state index contributed by atoms with van der Waals surface area (Å²) in [6.45, 7) is 11.9. The summed E-state index contributed by atoms with van der Waals surface area (Å²) in [4.78, 5) is 0. The quantitative estimate of drug-likeness (QED) is 0.408. The van der Waals surface area contributed by atoms with Gasteiger partial charge in [0.05, 0.1) is 0 Å². The molecule has 0 spiro atoms. The van der Waals surface area contributed by atoms with Crippen molar-refractivity contribution in [2.24, 2.45) is 0 Å². The van der Waals surface area contributed by atoms with Crippen LogP contribution >= 0.6 is 40.2 Å². The van der Waals surface area contributed by atoms with Gasteiger partial charge in [-0.1, -0.05) is 50.9 Å². The Kier molecular flexibility index (Phi) is 10.7. The van der Waals surface area contributed by atoms with Gasteiger partial charge < -0.3 is 10.2 Å². The number of benzene rings is 2. The van der Waals surface area contributed by atoms with Gasteiger partial charge in [-0.3, -0.25) is 0 Å². The molecule has 0 amide bonds. The summed E-state index contributed by atoms with van der Waals surface area (Å²) in [6, 6.07) is 3.65. The first-order valence-corrected chi connectivity index (χ1v) is 16.0. The van der Waals surface area contributed by atoms with Crippen molar-refractivity contribution in [3.05, 3.63) is 55.6 Å². The summed E-state index contributed by atoms with van der Waals surface area (Å²) in [5, 5.41) is 22.8. The molecule has 0 saturated heterocycles. The van der Waals surface area contributed by atoms with Gasteiger partial charge in [0.1, 0.15) is 11.5 Å². The molecule has 0 atom stereocenters. The van der Waals surface area contributed by atoms with E-state index in [1.54, 1.807) is 0 Å². The third kappa shape index (κ3) is 6.05. The Hall–Kier alpha value is 0.0831. The van der Waals surface area contributed by atoms with Gasteiger partial charge in [0.2, 0.25) is 0 Å². The first-order chi connectivity index (χ1) is 13.0. The van der Waals surface area contributed by atoms with Gasteiger partial charge in [-0.2, -0.15) is 0 Å². The van der Waals surface area contributed by atoms with Crippen molar-refractivity contribution in [2.75, 3.05) is 0 Å². The van der Waals surface area contributed by atoms with Crippen molar-refractivity contribution in [3.63, 3.8) is 0 Å². The molecule has 154 valence electrons. The van der Waals surface area contributed by atoms with E-state index in [-0.39, 0.29) is 23.3 Å². The monoisotopic (exact) mass is 540 g/mol. The Morgan fingerprint density at radius 3 is 1.32 bits per heavy atom. The molecule has 0 heterocycles. The van der Waals surface area contributed by atoms with E-state index in [1.807, 2.05) is 53.7 Å². The van der Waals surface area contributed by atoms with E-state index in [0.717, 1.165) is 33.4 Å². The first kappa shape index (κ1) is 26.1. The van der Waals surface area contributed by atoms with Crippen LogP contribution in [-0.2, 0) is 27.3 Å². The predicted octanol–water partition coefficient (Wildman–Crippen LogP) is 8.24. The number of phenolic OH excluding ortho intramolecular Hbond substituents is 2. The second-order valence-electron chi connectivity index (χ2n) is 7.36. The van der Waals surface area contributed by atoms with Crippen LogP contribution in [0.5, 0.6) is 11.5 Å². The van der Waals surface area contributed by atoms with Crippen LogP contribution in [0.2, 0.25) is 10.0 Å². The van der Waals surface area contributed by atoms with Crippen LogP contribution < -0.4 is 0 Å². The molecular weight excluding hydrogens is 517 g/mol. The molecule has 2 nitrogen and oxygen atoms in total. The number of hydrogen-bond donors (Lipinski definition) is 2. The first-order valence-electron chi connectivity index (χ1n) is 8.95. The Morgan fingerprint density at radius 2 is 1.07 bits per heavy atom. The molecule has 2 aromatic carbocycles. The van der Waals surface area contributed by atoms with Crippen molar-refractivity contribution in [1.29, 1.82) is 0 Å². The van der Waals surface area contributed by atoms with Crippen LogP contribution in [0.4, 0.5) is 0 Å². The van der Waals surface area contributed by atoms with Crippen LogP contribution in [0.3, 0.4) is 0 Å². The summed E-state index contributed by atoms with van der Waals surface area (Å²) in [6.07, 6.45) is 0.385. The standard InChI is InChI=1S/C21H26Cl2O2.2ClH.Zr/c1-10(2)14-8-18(22)12(5)16(20(14)24)7-17-13(6)19(23)9-15(11(3)4)21(17)25;;;/h8-11,24-25H,7H2,1-6H3;2*1H;/q;;;+2/p-2. The zero-order chi connectivity index (χ0) is 21.8. The van der Waals surface area contributed by atoms with E-state index < -0.39 is 20.8 Å². The fraction of sp³-hybridized carbons (Fsp3) is 0.429. The van der Waals surface area contributed by atoms with E-state index in [2.05, 4.69) is 0 Å². The number of rotatable bonds is 4. The van der Waals surface area contributed by atoms with Gasteiger partial charge in [-0.25, -0.2) is 0 Å². The molecule has 0 saturated carbocycles. The van der Waals surface area contributed by atoms with E-state index in [0.29, 0.717) is 16.5 Å². The average molecular weight is 543 g/mol. The molecule has 2 N–H and O–H groups in total. The van der Waals surface area contributed by atoms with Crippen molar-refractivity contribution in [2.45, 2.75) is 59.8 Å². The molecular formula is C21H26Cl4O2Zr. The molecule has 0 aliphatic carbocycles. The molecule has 0 aromatic heterocycles. The molecule has 7 heteroatoms. The zero-order valence-corrected chi connectivity index (χ0v) is 22.4. The summed E-state index contributed by atoms with van der Waals surface area (Å²) >= 11 is 12.0. The number of phenols is 2. The van der Waals surface area contributed by atoms with Crippen LogP contribution in [0.1, 0.15) is 72.9 Å². The summed E-state index contributed by atoms with van der Waals surface area (Å²) in [7, 11) is 9.87. The molecule has 0 fully saturated rings. The fourth-order valence-electron chi connectivity index (χ4n) is 3.11. The zero-order valence-electron chi connectivity index (χ0n) is 16.9. The second-order valence-corrected chi connectivity index (χ2v) is 11.9. The maximum atomic E-state index is 10.8. The average Bonchev–Trinajstić information content (AvgIpc) is 2.60. The minimum atomic E-state index is -0.826. The van der Waals surface area contributed by atoms with E-state index >= 15 is 0 Å². The topological polar surface area (TPSA) is 40.5 Å². The predicted molar refractivity (Wildman–Crippen MR) is 118 cm³/mol. The van der Waals surface area contributed by atoms with E-state index in [9.17, 15) is 10.2 Å². The molecule has 2 aromatic rings. The molecule has 0 aliphatic rings. The van der Waals surface area contributed by atoms with Crippen molar-refractivity contribution < 1.29 is 31.1 Å². The van der Waals surface area contributed by atoms with Crippen molar-refractivity contribution in [1.82, 2.24) is 0 Å². The van der Waals surface area contributed by atoms with Crippen molar-refractivity contribution in [3.8, 4) is 11.5 Å². The van der Waals surface area contributed by atoms with Crippen LogP contribution in [-0.4, -0.2) is 10.2 Å². The summed E-state index contributed by atoms with van der Waals surface area (Å²) in [5.74, 6) is 0.804. The van der Waals surface area contributed by atoms with E-state index in [4.69, 9.17) is 40.2 Å². The van der Waals surface area contributed by atoms with Gasteiger partial charge in [-0.15, -0.1) is 0 Å². The Balaban J connectivity index is 0.00000122. The van der Waals surface area contributed by atoms with Gasteiger partial charge in [0.15, 0.2) is 0 Å². The van der Waals surface area contributed by atoms with Gasteiger partial charge in [-0.05, 0) is 60.1 Å². The SMILES string of the molecule is Cc1c(Cl)cc(C(C)C)c(O)c1Cc1c(C)c(Cl)cc(C(C)C)c1O.[Cl][Zr][Cl]. The molecule has 0 bridgehead atoms. The van der Waals surface area contributed by atoms with Gasteiger partial charge in [0.25, 0.3) is 0 Å². The van der Waals surface area contributed by atoms with Crippen LogP contribution in [0.25, 0.3) is 0 Å². The summed E-state index contributed by atoms with van der Waals surface area (Å²) < 4.78 is 0. The van der Waals surface area contributed by atoms with Crippen molar-refractivity contribution >= 4 is 40.2 Å².